The molecule has 0 fully saturated rings. The van der Waals surface area contributed by atoms with Gasteiger partial charge in [0, 0.05) is 29.1 Å². The van der Waals surface area contributed by atoms with E-state index in [-0.39, 0.29) is 0 Å². The number of hydrogen-bond acceptors (Lipinski definition) is 2. The van der Waals surface area contributed by atoms with Crippen LogP contribution in [0, 0.1) is 0 Å². The Morgan fingerprint density at radius 3 is 3.05 bits per heavy atom. The average Bonchev–Trinajstić information content (AvgIpc) is 2.63. The minimum absolute atomic E-state index is 0.412. The van der Waals surface area contributed by atoms with Crippen molar-refractivity contribution in [2.75, 3.05) is 0 Å². The second-order valence-corrected chi connectivity index (χ2v) is 5.76. The van der Waals surface area contributed by atoms with E-state index in [0.717, 1.165) is 22.4 Å². The average molecular weight is 284 g/mol. The molecule has 0 saturated heterocycles. The highest BCUT2D eigenvalue weighted by Crippen LogP contribution is 2.36. The maximum Gasteiger partial charge on any atom is 0.411 e. The van der Waals surface area contributed by atoms with Gasteiger partial charge in [0.05, 0.1) is 17.8 Å². The Balaban J connectivity index is 2.03. The number of thioether (sulfide) groups is 1. The van der Waals surface area contributed by atoms with Crippen molar-refractivity contribution in [3.63, 3.8) is 0 Å². The minimum Gasteiger partial charge on any atom is -0.465 e. The Morgan fingerprint density at radius 2 is 2.20 bits per heavy atom. The van der Waals surface area contributed by atoms with Crippen molar-refractivity contribution in [1.82, 2.24) is 9.47 Å². The van der Waals surface area contributed by atoms with Gasteiger partial charge in [-0.15, -0.1) is 11.8 Å². The predicted octanol–water partition coefficient (Wildman–Crippen LogP) is 3.78. The van der Waals surface area contributed by atoms with E-state index in [1.165, 1.54) is 16.0 Å². The van der Waals surface area contributed by atoms with Crippen molar-refractivity contribution in [1.29, 1.82) is 0 Å². The van der Waals surface area contributed by atoms with Crippen molar-refractivity contribution in [3.8, 4) is 0 Å². The van der Waals surface area contributed by atoms with Crippen LogP contribution in [0.4, 0.5) is 4.79 Å². The van der Waals surface area contributed by atoms with Gasteiger partial charge in [-0.25, -0.2) is 4.79 Å². The highest BCUT2D eigenvalue weighted by atomic mass is 32.2. The van der Waals surface area contributed by atoms with Crippen LogP contribution in [0.2, 0.25) is 0 Å². The van der Waals surface area contributed by atoms with Gasteiger partial charge in [-0.1, -0.05) is 18.2 Å². The van der Waals surface area contributed by atoms with Gasteiger partial charge in [0.25, 0.3) is 0 Å². The smallest absolute Gasteiger partial charge is 0.411 e. The number of carbonyl (C=O) groups is 1. The molecular formula is C15H12N2O2S. The molecule has 1 aromatic carbocycles. The molecule has 2 aliphatic heterocycles. The van der Waals surface area contributed by atoms with E-state index in [0.29, 0.717) is 6.54 Å². The number of fused-ring (bicyclic) bond motifs is 3. The van der Waals surface area contributed by atoms with Crippen molar-refractivity contribution in [3.05, 3.63) is 46.6 Å². The third-order valence-corrected chi connectivity index (χ3v) is 4.58. The fourth-order valence-corrected chi connectivity index (χ4v) is 3.61. The lowest BCUT2D eigenvalue weighted by Crippen LogP contribution is -2.25. The largest absolute Gasteiger partial charge is 0.465 e. The van der Waals surface area contributed by atoms with E-state index in [9.17, 15) is 4.79 Å². The summed E-state index contributed by atoms with van der Waals surface area (Å²) in [5.74, 6) is 0.948. The maximum absolute atomic E-state index is 11.2. The molecule has 4 nitrogen and oxygen atoms in total. The summed E-state index contributed by atoms with van der Waals surface area (Å²) in [5, 5.41) is 12.4. The van der Waals surface area contributed by atoms with E-state index in [2.05, 4.69) is 34.4 Å². The van der Waals surface area contributed by atoms with E-state index in [1.54, 1.807) is 18.0 Å². The van der Waals surface area contributed by atoms with Gasteiger partial charge in [-0.3, -0.25) is 4.90 Å². The van der Waals surface area contributed by atoms with Crippen molar-refractivity contribution in [2.45, 2.75) is 12.3 Å². The molecule has 1 amide bonds. The number of hydrogen-bond donors (Lipinski definition) is 1. The molecule has 0 unspecified atom stereocenters. The van der Waals surface area contributed by atoms with Crippen LogP contribution < -0.4 is 0 Å². The molecule has 2 aromatic rings. The quantitative estimate of drug-likeness (QED) is 0.800. The number of benzene rings is 1. The summed E-state index contributed by atoms with van der Waals surface area (Å²) in [7, 11) is 0. The van der Waals surface area contributed by atoms with Gasteiger partial charge in [0.15, 0.2) is 0 Å². The summed E-state index contributed by atoms with van der Waals surface area (Å²) in [5.41, 5.74) is 4.67. The molecule has 0 radical (unpaired) electrons. The Bertz CT molecular complexity index is 789. The number of amides is 1. The highest BCUT2D eigenvalue weighted by Gasteiger charge is 2.24. The Labute approximate surface area is 120 Å². The Kier molecular flexibility index (Phi) is 2.44. The van der Waals surface area contributed by atoms with Gasteiger partial charge >= 0.3 is 6.09 Å². The van der Waals surface area contributed by atoms with Crippen LogP contribution in [-0.2, 0) is 12.3 Å². The summed E-state index contributed by atoms with van der Waals surface area (Å²) in [4.78, 5) is 12.5. The second-order valence-electron chi connectivity index (χ2n) is 4.87. The zero-order chi connectivity index (χ0) is 13.7. The topological polar surface area (TPSA) is 45.5 Å². The molecule has 3 heterocycles. The van der Waals surface area contributed by atoms with Crippen molar-refractivity contribution in [2.24, 2.45) is 0 Å². The molecule has 0 bridgehead atoms. The van der Waals surface area contributed by atoms with Crippen LogP contribution in [0.3, 0.4) is 0 Å². The standard InChI is InChI=1S/C15H12N2O2S/c18-15(19)16-5-4-13-12(8-16)11-3-1-2-10-9-20-7-6-17(13)14(10)11/h1-7H,8-9H2,(H,18,19). The van der Waals surface area contributed by atoms with Gasteiger partial charge in [0.1, 0.15) is 0 Å². The van der Waals surface area contributed by atoms with Crippen molar-refractivity contribution >= 4 is 41.0 Å². The molecule has 1 N–H and O–H groups in total. The normalized spacial score (nSPS) is 16.3. The lowest BCUT2D eigenvalue weighted by Gasteiger charge is -2.19. The molecule has 20 heavy (non-hydrogen) atoms. The monoisotopic (exact) mass is 284 g/mol. The molecular weight excluding hydrogens is 272 g/mol. The number of aromatic nitrogens is 1. The van der Waals surface area contributed by atoms with E-state index >= 15 is 0 Å². The molecule has 0 aliphatic carbocycles. The van der Waals surface area contributed by atoms with Crippen LogP contribution in [0.25, 0.3) is 23.2 Å². The predicted molar refractivity (Wildman–Crippen MR) is 81.2 cm³/mol. The number of nitrogens with zero attached hydrogens (tertiary/aromatic N) is 2. The first-order valence-electron chi connectivity index (χ1n) is 6.36. The summed E-state index contributed by atoms with van der Waals surface area (Å²) >= 11 is 1.78. The Morgan fingerprint density at radius 1 is 1.30 bits per heavy atom. The number of rotatable bonds is 0. The van der Waals surface area contributed by atoms with E-state index < -0.39 is 6.09 Å². The van der Waals surface area contributed by atoms with Crippen molar-refractivity contribution < 1.29 is 9.90 Å². The molecule has 4 rings (SSSR count). The van der Waals surface area contributed by atoms with Crippen LogP contribution in [0.1, 0.15) is 16.8 Å². The number of carboxylic acid groups (broad SMARTS) is 1. The lowest BCUT2D eigenvalue weighted by atomic mass is 10.1. The highest BCUT2D eigenvalue weighted by molar-refractivity contribution is 8.01. The zero-order valence-electron chi connectivity index (χ0n) is 10.6. The van der Waals surface area contributed by atoms with Crippen LogP contribution in [0.15, 0.2) is 29.8 Å². The van der Waals surface area contributed by atoms with Gasteiger partial charge < -0.3 is 9.67 Å². The summed E-state index contributed by atoms with van der Waals surface area (Å²) < 4.78 is 2.18. The molecule has 5 heteroatoms. The second kappa shape index (κ2) is 4.18. The molecule has 0 atom stereocenters. The SMILES string of the molecule is O=C(O)N1C=Cc2c(c3cccc4c3n2C=CSC4)C1. The lowest BCUT2D eigenvalue weighted by molar-refractivity contribution is 0.161. The fraction of sp³-hybridized carbons (Fsp3) is 0.133. The molecule has 2 aliphatic rings. The first-order valence-corrected chi connectivity index (χ1v) is 7.41. The van der Waals surface area contributed by atoms with Crippen LogP contribution >= 0.6 is 11.8 Å². The van der Waals surface area contributed by atoms with Gasteiger partial charge in [-0.05, 0) is 17.0 Å². The third-order valence-electron chi connectivity index (χ3n) is 3.79. The van der Waals surface area contributed by atoms with Gasteiger partial charge in [-0.2, -0.15) is 0 Å². The van der Waals surface area contributed by atoms with Gasteiger partial charge in [0.2, 0.25) is 0 Å². The minimum atomic E-state index is -0.915. The summed E-state index contributed by atoms with van der Waals surface area (Å²) in [6.07, 6.45) is 4.68. The number of para-hydroxylation sites is 1. The van der Waals surface area contributed by atoms with E-state index in [4.69, 9.17) is 5.11 Å². The Hall–Kier alpha value is -2.14. The summed E-state index contributed by atoms with van der Waals surface area (Å²) in [6, 6.07) is 6.28. The molecule has 0 saturated carbocycles. The van der Waals surface area contributed by atoms with Crippen LogP contribution in [-0.4, -0.2) is 20.7 Å². The molecule has 0 spiro atoms. The van der Waals surface area contributed by atoms with Crippen LogP contribution in [0.5, 0.6) is 0 Å². The summed E-state index contributed by atoms with van der Waals surface area (Å²) in [6.45, 7) is 0.412. The first kappa shape index (κ1) is 11.7. The zero-order valence-corrected chi connectivity index (χ0v) is 11.4. The molecule has 1 aromatic heterocycles. The maximum atomic E-state index is 11.2. The third kappa shape index (κ3) is 1.53. The fourth-order valence-electron chi connectivity index (χ4n) is 2.90. The van der Waals surface area contributed by atoms with E-state index in [1.807, 2.05) is 6.08 Å². The molecule has 100 valence electrons. The first-order chi connectivity index (χ1) is 9.75.